The van der Waals surface area contributed by atoms with Crippen molar-refractivity contribution in [3.05, 3.63) is 89.2 Å². The van der Waals surface area contributed by atoms with Gasteiger partial charge in [0.1, 0.15) is 0 Å². The Morgan fingerprint density at radius 2 is 1.62 bits per heavy atom. The number of nitrogens with zero attached hydrogens (tertiary/aromatic N) is 1. The Bertz CT molecular complexity index is 1200. The van der Waals surface area contributed by atoms with Crippen LogP contribution in [0.5, 0.6) is 0 Å². The first-order chi connectivity index (χ1) is 14.0. The number of amides is 2. The second-order valence-electron chi connectivity index (χ2n) is 6.82. The molecule has 6 nitrogen and oxygen atoms in total. The van der Waals surface area contributed by atoms with Crippen LogP contribution in [0.25, 0.3) is 10.8 Å². The molecule has 1 aromatic heterocycles. The SMILES string of the molecule is Cc1n[nH]c(C)c1NC(=O)c1cccc(NC(=O)c2cccc3ccccc23)c1. The lowest BCUT2D eigenvalue weighted by Gasteiger charge is -2.10. The number of aryl methyl sites for hydroxylation is 2. The third-order valence-electron chi connectivity index (χ3n) is 4.78. The van der Waals surface area contributed by atoms with Crippen molar-refractivity contribution in [2.75, 3.05) is 10.6 Å². The predicted octanol–water partition coefficient (Wildman–Crippen LogP) is 4.68. The quantitative estimate of drug-likeness (QED) is 0.477. The molecule has 6 heteroatoms. The first-order valence-corrected chi connectivity index (χ1v) is 9.25. The summed E-state index contributed by atoms with van der Waals surface area (Å²) < 4.78 is 0. The fraction of sp³-hybridized carbons (Fsp3) is 0.0870. The largest absolute Gasteiger partial charge is 0.322 e. The van der Waals surface area contributed by atoms with E-state index in [-0.39, 0.29) is 11.8 Å². The maximum absolute atomic E-state index is 12.8. The monoisotopic (exact) mass is 384 g/mol. The third-order valence-corrected chi connectivity index (χ3v) is 4.78. The molecule has 0 fully saturated rings. The standard InChI is InChI=1S/C23H20N4O2/c1-14-21(15(2)27-26-14)25-22(28)17-9-5-10-18(13-17)24-23(29)20-12-6-8-16-7-3-4-11-19(16)20/h3-13H,1-2H3,(H,24,29)(H,25,28)(H,26,27). The van der Waals surface area contributed by atoms with Crippen molar-refractivity contribution < 1.29 is 9.59 Å². The van der Waals surface area contributed by atoms with E-state index in [1.54, 1.807) is 30.3 Å². The molecule has 0 aliphatic heterocycles. The summed E-state index contributed by atoms with van der Waals surface area (Å²) in [4.78, 5) is 25.5. The number of carbonyl (C=O) groups excluding carboxylic acids is 2. The number of fused-ring (bicyclic) bond motifs is 1. The highest BCUT2D eigenvalue weighted by atomic mass is 16.2. The van der Waals surface area contributed by atoms with Crippen molar-refractivity contribution in [3.8, 4) is 0 Å². The zero-order valence-corrected chi connectivity index (χ0v) is 16.1. The number of H-pyrrole nitrogens is 1. The molecule has 144 valence electrons. The third kappa shape index (κ3) is 3.73. The molecule has 4 aromatic rings. The van der Waals surface area contributed by atoms with Gasteiger partial charge < -0.3 is 10.6 Å². The molecule has 0 spiro atoms. The van der Waals surface area contributed by atoms with E-state index in [0.29, 0.717) is 22.5 Å². The lowest BCUT2D eigenvalue weighted by molar-refractivity contribution is 0.101. The molecule has 4 rings (SSSR count). The van der Waals surface area contributed by atoms with Crippen molar-refractivity contribution in [1.29, 1.82) is 0 Å². The summed E-state index contributed by atoms with van der Waals surface area (Å²) in [6.45, 7) is 3.66. The van der Waals surface area contributed by atoms with Gasteiger partial charge in [-0.15, -0.1) is 0 Å². The van der Waals surface area contributed by atoms with Gasteiger partial charge in [-0.2, -0.15) is 5.10 Å². The van der Waals surface area contributed by atoms with E-state index in [4.69, 9.17) is 0 Å². The number of benzene rings is 3. The molecule has 0 saturated heterocycles. The molecule has 0 aliphatic rings. The molecular formula is C23H20N4O2. The van der Waals surface area contributed by atoms with E-state index >= 15 is 0 Å². The normalized spacial score (nSPS) is 10.7. The van der Waals surface area contributed by atoms with Crippen molar-refractivity contribution in [2.24, 2.45) is 0 Å². The summed E-state index contributed by atoms with van der Waals surface area (Å²) >= 11 is 0. The number of rotatable bonds is 4. The van der Waals surface area contributed by atoms with Gasteiger partial charge in [0, 0.05) is 16.8 Å². The smallest absolute Gasteiger partial charge is 0.256 e. The minimum Gasteiger partial charge on any atom is -0.322 e. The van der Waals surface area contributed by atoms with E-state index in [0.717, 1.165) is 22.2 Å². The molecule has 0 saturated carbocycles. The van der Waals surface area contributed by atoms with E-state index in [1.165, 1.54) is 0 Å². The summed E-state index contributed by atoms with van der Waals surface area (Å²) in [5, 5.41) is 14.6. The average molecular weight is 384 g/mol. The second-order valence-corrected chi connectivity index (χ2v) is 6.82. The average Bonchev–Trinajstić information content (AvgIpc) is 3.05. The minimum atomic E-state index is -0.265. The summed E-state index contributed by atoms with van der Waals surface area (Å²) in [7, 11) is 0. The fourth-order valence-corrected chi connectivity index (χ4v) is 3.28. The number of aromatic nitrogens is 2. The first kappa shape index (κ1) is 18.4. The van der Waals surface area contributed by atoms with Gasteiger partial charge in [0.2, 0.25) is 0 Å². The van der Waals surface area contributed by atoms with Gasteiger partial charge in [0.15, 0.2) is 0 Å². The van der Waals surface area contributed by atoms with Crippen LogP contribution < -0.4 is 10.6 Å². The summed E-state index contributed by atoms with van der Waals surface area (Å²) in [5.41, 5.74) is 3.76. The number of anilines is 2. The highest BCUT2D eigenvalue weighted by molar-refractivity contribution is 6.13. The molecule has 0 radical (unpaired) electrons. The number of nitrogens with one attached hydrogen (secondary N) is 3. The van der Waals surface area contributed by atoms with Crippen molar-refractivity contribution in [3.63, 3.8) is 0 Å². The van der Waals surface area contributed by atoms with Gasteiger partial charge >= 0.3 is 0 Å². The number of hydrogen-bond donors (Lipinski definition) is 3. The highest BCUT2D eigenvalue weighted by Gasteiger charge is 2.14. The van der Waals surface area contributed by atoms with E-state index in [2.05, 4.69) is 20.8 Å². The van der Waals surface area contributed by atoms with Gasteiger partial charge in [-0.1, -0.05) is 42.5 Å². The maximum atomic E-state index is 12.8. The summed E-state index contributed by atoms with van der Waals surface area (Å²) in [6.07, 6.45) is 0. The lowest BCUT2D eigenvalue weighted by atomic mass is 10.0. The van der Waals surface area contributed by atoms with Crippen molar-refractivity contribution in [1.82, 2.24) is 10.2 Å². The minimum absolute atomic E-state index is 0.221. The summed E-state index contributed by atoms with van der Waals surface area (Å²) in [6, 6.07) is 20.2. The van der Waals surface area contributed by atoms with Crippen LogP contribution in [0.2, 0.25) is 0 Å². The topological polar surface area (TPSA) is 86.9 Å². The number of aromatic amines is 1. The van der Waals surface area contributed by atoms with E-state index in [9.17, 15) is 9.59 Å². The molecule has 0 bridgehead atoms. The highest BCUT2D eigenvalue weighted by Crippen LogP contribution is 2.21. The zero-order valence-electron chi connectivity index (χ0n) is 16.1. The van der Waals surface area contributed by atoms with Gasteiger partial charge in [0.25, 0.3) is 11.8 Å². The number of carbonyl (C=O) groups is 2. The Morgan fingerprint density at radius 3 is 2.41 bits per heavy atom. The van der Waals surface area contributed by atoms with E-state index in [1.807, 2.05) is 50.2 Å². The Balaban J connectivity index is 1.56. The van der Waals surface area contributed by atoms with Gasteiger partial charge in [0.05, 0.1) is 17.1 Å². The van der Waals surface area contributed by atoms with Crippen LogP contribution in [0.15, 0.2) is 66.7 Å². The molecule has 1 heterocycles. The Morgan fingerprint density at radius 1 is 0.862 bits per heavy atom. The van der Waals surface area contributed by atoms with Crippen LogP contribution in [0.1, 0.15) is 32.1 Å². The zero-order chi connectivity index (χ0) is 20.4. The van der Waals surface area contributed by atoms with E-state index < -0.39 is 0 Å². The van der Waals surface area contributed by atoms with Crippen molar-refractivity contribution >= 4 is 34.0 Å². The lowest BCUT2D eigenvalue weighted by Crippen LogP contribution is -2.15. The molecular weight excluding hydrogens is 364 g/mol. The van der Waals surface area contributed by atoms with Gasteiger partial charge in [-0.05, 0) is 48.9 Å². The van der Waals surface area contributed by atoms with Crippen LogP contribution in [0.3, 0.4) is 0 Å². The Hall–Kier alpha value is -3.93. The van der Waals surface area contributed by atoms with Crippen LogP contribution in [0.4, 0.5) is 11.4 Å². The molecule has 0 unspecified atom stereocenters. The van der Waals surface area contributed by atoms with Crippen LogP contribution in [-0.4, -0.2) is 22.0 Å². The summed E-state index contributed by atoms with van der Waals surface area (Å²) in [5.74, 6) is -0.486. The van der Waals surface area contributed by atoms with Crippen molar-refractivity contribution in [2.45, 2.75) is 13.8 Å². The predicted molar refractivity (Wildman–Crippen MR) is 114 cm³/mol. The van der Waals surface area contributed by atoms with Crippen LogP contribution in [-0.2, 0) is 0 Å². The Labute approximate surface area is 168 Å². The molecule has 3 aromatic carbocycles. The number of hydrogen-bond acceptors (Lipinski definition) is 3. The van der Waals surface area contributed by atoms with Crippen LogP contribution >= 0.6 is 0 Å². The molecule has 0 atom stereocenters. The molecule has 0 aliphatic carbocycles. The molecule has 2 amide bonds. The second kappa shape index (κ2) is 7.59. The molecule has 3 N–H and O–H groups in total. The molecule has 29 heavy (non-hydrogen) atoms. The maximum Gasteiger partial charge on any atom is 0.256 e. The van der Waals surface area contributed by atoms with Gasteiger partial charge in [-0.3, -0.25) is 14.7 Å². The van der Waals surface area contributed by atoms with Crippen LogP contribution in [0, 0.1) is 13.8 Å². The van der Waals surface area contributed by atoms with Gasteiger partial charge in [-0.25, -0.2) is 0 Å². The first-order valence-electron chi connectivity index (χ1n) is 9.25. The fourth-order valence-electron chi connectivity index (χ4n) is 3.28. The Kier molecular flexibility index (Phi) is 4.83.